The molecule has 108 valence electrons. The van der Waals surface area contributed by atoms with E-state index in [0.717, 1.165) is 35.1 Å². The fraction of sp³-hybridized carbons (Fsp3) is 0.333. The third-order valence-electron chi connectivity index (χ3n) is 3.29. The molecule has 0 aliphatic carbocycles. The van der Waals surface area contributed by atoms with Gasteiger partial charge in [-0.1, -0.05) is 36.9 Å². The Labute approximate surface area is 127 Å². The molecule has 2 heterocycles. The van der Waals surface area contributed by atoms with Crippen LogP contribution in [0.1, 0.15) is 24.7 Å². The van der Waals surface area contributed by atoms with Crippen LogP contribution in [-0.2, 0) is 12.3 Å². The Bertz CT molecular complexity index is 753. The predicted molar refractivity (Wildman–Crippen MR) is 84.1 cm³/mol. The standard InChI is InChI=1S/C15H17N5S/c1-3-8-20-14(17-18-19-20)10-21-15-9-11(2)12-6-4-5-7-13(12)16-15/h4-7,9H,3,8,10H2,1-2H3. The lowest BCUT2D eigenvalue weighted by molar-refractivity contribution is 0.564. The van der Waals surface area contributed by atoms with Gasteiger partial charge in [-0.25, -0.2) is 9.67 Å². The lowest BCUT2D eigenvalue weighted by atomic mass is 10.1. The quantitative estimate of drug-likeness (QED) is 0.677. The monoisotopic (exact) mass is 299 g/mol. The van der Waals surface area contributed by atoms with Crippen LogP contribution in [0.5, 0.6) is 0 Å². The molecule has 2 aromatic heterocycles. The van der Waals surface area contributed by atoms with E-state index in [4.69, 9.17) is 4.98 Å². The third kappa shape index (κ3) is 3.05. The minimum absolute atomic E-state index is 0.734. The highest BCUT2D eigenvalue weighted by Gasteiger charge is 2.08. The number of hydrogen-bond acceptors (Lipinski definition) is 5. The molecule has 0 amide bonds. The molecule has 0 spiro atoms. The van der Waals surface area contributed by atoms with Gasteiger partial charge in [-0.2, -0.15) is 0 Å². The summed E-state index contributed by atoms with van der Waals surface area (Å²) >= 11 is 1.67. The van der Waals surface area contributed by atoms with Gasteiger partial charge in [0.2, 0.25) is 0 Å². The SMILES string of the molecule is CCCn1nnnc1CSc1cc(C)c2ccccc2n1. The largest absolute Gasteiger partial charge is 0.241 e. The van der Waals surface area contributed by atoms with Crippen LogP contribution in [0.3, 0.4) is 0 Å². The zero-order chi connectivity index (χ0) is 14.7. The maximum atomic E-state index is 4.70. The van der Waals surface area contributed by atoms with E-state index < -0.39 is 0 Å². The van der Waals surface area contributed by atoms with Gasteiger partial charge in [-0.15, -0.1) is 5.10 Å². The van der Waals surface area contributed by atoms with Crippen molar-refractivity contribution in [3.05, 3.63) is 41.7 Å². The number of thioether (sulfide) groups is 1. The molecule has 0 bridgehead atoms. The van der Waals surface area contributed by atoms with Crippen molar-refractivity contribution in [3.8, 4) is 0 Å². The van der Waals surface area contributed by atoms with Gasteiger partial charge in [0.1, 0.15) is 0 Å². The second-order valence-corrected chi connectivity index (χ2v) is 5.90. The first-order valence-electron chi connectivity index (χ1n) is 7.02. The van der Waals surface area contributed by atoms with E-state index in [1.807, 2.05) is 22.9 Å². The third-order valence-corrected chi connectivity index (χ3v) is 4.20. The molecule has 0 saturated heterocycles. The lowest BCUT2D eigenvalue weighted by Crippen LogP contribution is -2.04. The maximum absolute atomic E-state index is 4.70. The number of para-hydroxylation sites is 1. The Balaban J connectivity index is 1.80. The summed E-state index contributed by atoms with van der Waals surface area (Å²) in [6.45, 7) is 5.09. The summed E-state index contributed by atoms with van der Waals surface area (Å²) in [6, 6.07) is 10.3. The van der Waals surface area contributed by atoms with Gasteiger partial charge in [0.25, 0.3) is 0 Å². The van der Waals surface area contributed by atoms with E-state index in [1.165, 1.54) is 10.9 Å². The average molecular weight is 299 g/mol. The van der Waals surface area contributed by atoms with Crippen LogP contribution in [0, 0.1) is 6.92 Å². The Morgan fingerprint density at radius 3 is 2.95 bits per heavy atom. The number of tetrazole rings is 1. The molecule has 0 aliphatic rings. The lowest BCUT2D eigenvalue weighted by Gasteiger charge is -2.06. The first kappa shape index (κ1) is 14.0. The van der Waals surface area contributed by atoms with Crippen LogP contribution in [-0.4, -0.2) is 25.2 Å². The van der Waals surface area contributed by atoms with Gasteiger partial charge in [-0.05, 0) is 41.5 Å². The van der Waals surface area contributed by atoms with Gasteiger partial charge < -0.3 is 0 Å². The zero-order valence-electron chi connectivity index (χ0n) is 12.2. The molecule has 1 aromatic carbocycles. The van der Waals surface area contributed by atoms with E-state index in [9.17, 15) is 0 Å². The summed E-state index contributed by atoms with van der Waals surface area (Å²) in [4.78, 5) is 4.70. The van der Waals surface area contributed by atoms with E-state index in [-0.39, 0.29) is 0 Å². The molecule has 0 atom stereocenters. The average Bonchev–Trinajstić information content (AvgIpc) is 2.93. The summed E-state index contributed by atoms with van der Waals surface area (Å²) in [5.41, 5.74) is 2.28. The molecule has 21 heavy (non-hydrogen) atoms. The maximum Gasteiger partial charge on any atom is 0.161 e. The Morgan fingerprint density at radius 2 is 2.10 bits per heavy atom. The predicted octanol–water partition coefficient (Wildman–Crippen LogP) is 3.23. The van der Waals surface area contributed by atoms with Crippen molar-refractivity contribution < 1.29 is 0 Å². The molecular weight excluding hydrogens is 282 g/mol. The number of pyridine rings is 1. The number of fused-ring (bicyclic) bond motifs is 1. The Hall–Kier alpha value is -1.95. The molecule has 0 unspecified atom stereocenters. The number of hydrogen-bond donors (Lipinski definition) is 0. The molecule has 0 aliphatic heterocycles. The van der Waals surface area contributed by atoms with E-state index >= 15 is 0 Å². The van der Waals surface area contributed by atoms with Crippen molar-refractivity contribution >= 4 is 22.7 Å². The fourth-order valence-electron chi connectivity index (χ4n) is 2.24. The number of benzene rings is 1. The van der Waals surface area contributed by atoms with E-state index in [0.29, 0.717) is 0 Å². The number of rotatable bonds is 5. The molecule has 0 fully saturated rings. The van der Waals surface area contributed by atoms with Gasteiger partial charge in [0.05, 0.1) is 16.3 Å². The second-order valence-electron chi connectivity index (χ2n) is 4.90. The molecule has 5 nitrogen and oxygen atoms in total. The van der Waals surface area contributed by atoms with Crippen LogP contribution in [0.2, 0.25) is 0 Å². The molecule has 0 N–H and O–H groups in total. The van der Waals surface area contributed by atoms with Crippen LogP contribution in [0.15, 0.2) is 35.4 Å². The Morgan fingerprint density at radius 1 is 1.24 bits per heavy atom. The molecule has 3 rings (SSSR count). The summed E-state index contributed by atoms with van der Waals surface area (Å²) in [5, 5.41) is 14.1. The van der Waals surface area contributed by atoms with Gasteiger partial charge in [0.15, 0.2) is 5.82 Å². The van der Waals surface area contributed by atoms with Crippen LogP contribution in [0.4, 0.5) is 0 Å². The van der Waals surface area contributed by atoms with Crippen molar-refractivity contribution in [2.24, 2.45) is 0 Å². The molecular formula is C15H17N5S. The van der Waals surface area contributed by atoms with Crippen molar-refractivity contribution in [2.45, 2.75) is 37.6 Å². The topological polar surface area (TPSA) is 56.5 Å². The molecule has 3 aromatic rings. The Kier molecular flexibility index (Phi) is 4.15. The summed E-state index contributed by atoms with van der Waals surface area (Å²) in [5.74, 6) is 1.63. The van der Waals surface area contributed by atoms with Gasteiger partial charge in [0, 0.05) is 11.9 Å². The molecule has 0 radical (unpaired) electrons. The highest BCUT2D eigenvalue weighted by Crippen LogP contribution is 2.25. The smallest absolute Gasteiger partial charge is 0.161 e. The summed E-state index contributed by atoms with van der Waals surface area (Å²) in [7, 11) is 0. The second kappa shape index (κ2) is 6.22. The molecule has 0 saturated carbocycles. The van der Waals surface area contributed by atoms with E-state index in [2.05, 4.69) is 41.5 Å². The summed E-state index contributed by atoms with van der Waals surface area (Å²) in [6.07, 6.45) is 1.02. The zero-order valence-corrected chi connectivity index (χ0v) is 13.0. The first-order chi connectivity index (χ1) is 10.3. The number of aromatic nitrogens is 5. The highest BCUT2D eigenvalue weighted by molar-refractivity contribution is 7.98. The van der Waals surface area contributed by atoms with Crippen molar-refractivity contribution in [1.29, 1.82) is 0 Å². The van der Waals surface area contributed by atoms with Crippen molar-refractivity contribution in [1.82, 2.24) is 25.2 Å². The minimum Gasteiger partial charge on any atom is -0.241 e. The van der Waals surface area contributed by atoms with Crippen LogP contribution < -0.4 is 0 Å². The highest BCUT2D eigenvalue weighted by atomic mass is 32.2. The van der Waals surface area contributed by atoms with Crippen molar-refractivity contribution in [2.75, 3.05) is 0 Å². The van der Waals surface area contributed by atoms with E-state index in [1.54, 1.807) is 11.8 Å². The first-order valence-corrected chi connectivity index (χ1v) is 8.00. The molecule has 6 heteroatoms. The number of aryl methyl sites for hydroxylation is 2. The fourth-order valence-corrected chi connectivity index (χ4v) is 3.15. The van der Waals surface area contributed by atoms with Gasteiger partial charge >= 0.3 is 0 Å². The number of nitrogens with zero attached hydrogens (tertiary/aromatic N) is 5. The van der Waals surface area contributed by atoms with Crippen molar-refractivity contribution in [3.63, 3.8) is 0 Å². The van der Waals surface area contributed by atoms with Gasteiger partial charge in [-0.3, -0.25) is 0 Å². The minimum atomic E-state index is 0.734. The normalized spacial score (nSPS) is 11.1. The summed E-state index contributed by atoms with van der Waals surface area (Å²) < 4.78 is 1.86. The van der Waals surface area contributed by atoms with Crippen LogP contribution in [0.25, 0.3) is 10.9 Å². The van der Waals surface area contributed by atoms with Crippen LogP contribution >= 0.6 is 11.8 Å².